The first kappa shape index (κ1) is 11.1. The molecule has 2 fully saturated rings. The van der Waals surface area contributed by atoms with Crippen LogP contribution in [0.25, 0.3) is 0 Å². The van der Waals surface area contributed by atoms with Crippen LogP contribution >= 0.6 is 0 Å². The van der Waals surface area contributed by atoms with Crippen molar-refractivity contribution in [2.24, 2.45) is 0 Å². The van der Waals surface area contributed by atoms with E-state index in [1.54, 1.807) is 0 Å². The van der Waals surface area contributed by atoms with Gasteiger partial charge in [0.1, 0.15) is 6.10 Å². The van der Waals surface area contributed by atoms with Gasteiger partial charge in [0.2, 0.25) is 0 Å². The van der Waals surface area contributed by atoms with E-state index in [1.807, 2.05) is 0 Å². The third-order valence-corrected chi connectivity index (χ3v) is 3.12. The summed E-state index contributed by atoms with van der Waals surface area (Å²) in [7, 11) is 0. The Balaban J connectivity index is 1.60. The van der Waals surface area contributed by atoms with Gasteiger partial charge in [-0.05, 0) is 12.8 Å². The van der Waals surface area contributed by atoms with Gasteiger partial charge in [-0.2, -0.15) is 4.98 Å². The fraction of sp³-hybridized carbons (Fsp3) is 0.818. The lowest BCUT2D eigenvalue weighted by Crippen LogP contribution is -2.33. The Hall–Kier alpha value is -0.980. The van der Waals surface area contributed by atoms with Gasteiger partial charge in [0.15, 0.2) is 5.82 Å². The second kappa shape index (κ2) is 5.12. The highest BCUT2D eigenvalue weighted by Gasteiger charge is 2.24. The van der Waals surface area contributed by atoms with E-state index >= 15 is 0 Å². The van der Waals surface area contributed by atoms with Crippen molar-refractivity contribution in [3.8, 4) is 0 Å². The monoisotopic (exact) mass is 239 g/mol. The first-order valence-corrected chi connectivity index (χ1v) is 6.18. The quantitative estimate of drug-likeness (QED) is 0.826. The first-order valence-electron chi connectivity index (χ1n) is 6.18. The standard InChI is InChI=1S/C11H17N3O3/c1-2-8(15-4-1)6-10-13-11(17-14-10)9-7-12-3-5-16-9/h8-9,12H,1-7H2. The molecule has 2 unspecified atom stereocenters. The van der Waals surface area contributed by atoms with Crippen molar-refractivity contribution in [3.63, 3.8) is 0 Å². The van der Waals surface area contributed by atoms with Crippen molar-refractivity contribution in [1.29, 1.82) is 0 Å². The van der Waals surface area contributed by atoms with E-state index in [-0.39, 0.29) is 12.2 Å². The molecule has 0 radical (unpaired) electrons. The lowest BCUT2D eigenvalue weighted by atomic mass is 10.2. The third-order valence-electron chi connectivity index (χ3n) is 3.12. The molecule has 1 aromatic rings. The van der Waals surface area contributed by atoms with E-state index < -0.39 is 0 Å². The highest BCUT2D eigenvalue weighted by Crippen LogP contribution is 2.19. The average molecular weight is 239 g/mol. The molecule has 6 nitrogen and oxygen atoms in total. The average Bonchev–Trinajstić information content (AvgIpc) is 3.02. The normalized spacial score (nSPS) is 29.6. The van der Waals surface area contributed by atoms with Gasteiger partial charge in [-0.25, -0.2) is 0 Å². The Labute approximate surface area is 99.7 Å². The topological polar surface area (TPSA) is 69.4 Å². The van der Waals surface area contributed by atoms with E-state index in [0.717, 1.165) is 44.8 Å². The van der Waals surface area contributed by atoms with Gasteiger partial charge in [-0.1, -0.05) is 5.16 Å². The van der Waals surface area contributed by atoms with Gasteiger partial charge < -0.3 is 19.3 Å². The zero-order chi connectivity index (χ0) is 11.5. The predicted octanol–water partition coefficient (Wildman–Crippen LogP) is 0.452. The van der Waals surface area contributed by atoms with Crippen molar-refractivity contribution >= 4 is 0 Å². The molecule has 1 N–H and O–H groups in total. The van der Waals surface area contributed by atoms with Gasteiger partial charge in [-0.3, -0.25) is 0 Å². The number of aromatic nitrogens is 2. The van der Waals surface area contributed by atoms with Crippen molar-refractivity contribution in [2.45, 2.75) is 31.5 Å². The Morgan fingerprint density at radius 3 is 3.06 bits per heavy atom. The summed E-state index contributed by atoms with van der Waals surface area (Å²) in [5.41, 5.74) is 0. The number of rotatable bonds is 3. The van der Waals surface area contributed by atoms with Crippen molar-refractivity contribution < 1.29 is 14.0 Å². The van der Waals surface area contributed by atoms with Crippen molar-refractivity contribution in [2.75, 3.05) is 26.3 Å². The van der Waals surface area contributed by atoms with E-state index in [2.05, 4.69) is 15.5 Å². The molecule has 2 saturated heterocycles. The third kappa shape index (κ3) is 2.65. The van der Waals surface area contributed by atoms with Crippen LogP contribution in [0.4, 0.5) is 0 Å². The maximum absolute atomic E-state index is 5.56. The molecule has 0 aliphatic carbocycles. The minimum absolute atomic E-state index is 0.102. The molecular weight excluding hydrogens is 222 g/mol. The number of nitrogens with one attached hydrogen (secondary N) is 1. The molecule has 1 aromatic heterocycles. The van der Waals surface area contributed by atoms with Crippen LogP contribution < -0.4 is 5.32 Å². The lowest BCUT2D eigenvalue weighted by Gasteiger charge is -2.19. The first-order chi connectivity index (χ1) is 8.42. The minimum Gasteiger partial charge on any atom is -0.378 e. The maximum atomic E-state index is 5.56. The fourth-order valence-corrected chi connectivity index (χ4v) is 2.21. The van der Waals surface area contributed by atoms with Crippen LogP contribution in [-0.4, -0.2) is 42.5 Å². The molecule has 0 saturated carbocycles. The smallest absolute Gasteiger partial charge is 0.257 e. The molecule has 2 aliphatic heterocycles. The van der Waals surface area contributed by atoms with Crippen LogP contribution in [0.2, 0.25) is 0 Å². The summed E-state index contributed by atoms with van der Waals surface area (Å²) in [5, 5.41) is 7.22. The Kier molecular flexibility index (Phi) is 3.35. The van der Waals surface area contributed by atoms with Crippen LogP contribution in [0.15, 0.2) is 4.52 Å². The number of ether oxygens (including phenoxy) is 2. The Morgan fingerprint density at radius 2 is 2.29 bits per heavy atom. The Bertz CT molecular complexity index is 357. The van der Waals surface area contributed by atoms with Crippen LogP contribution in [0, 0.1) is 0 Å². The molecule has 0 aromatic carbocycles. The van der Waals surface area contributed by atoms with E-state index in [4.69, 9.17) is 14.0 Å². The number of hydrogen-bond acceptors (Lipinski definition) is 6. The summed E-state index contributed by atoms with van der Waals surface area (Å²) in [6, 6.07) is 0. The van der Waals surface area contributed by atoms with Crippen molar-refractivity contribution in [3.05, 3.63) is 11.7 Å². The van der Waals surface area contributed by atoms with Gasteiger partial charge in [0.25, 0.3) is 5.89 Å². The SMILES string of the molecule is C1COC(Cc2noc(C3CNCCO3)n2)C1. The van der Waals surface area contributed by atoms with E-state index in [9.17, 15) is 0 Å². The van der Waals surface area contributed by atoms with E-state index in [0.29, 0.717) is 12.5 Å². The molecule has 2 aliphatic rings. The summed E-state index contributed by atoms with van der Waals surface area (Å²) in [5.74, 6) is 1.30. The zero-order valence-corrected chi connectivity index (χ0v) is 9.72. The molecule has 3 heterocycles. The molecule has 0 spiro atoms. The number of hydrogen-bond donors (Lipinski definition) is 1. The van der Waals surface area contributed by atoms with Crippen LogP contribution in [0.5, 0.6) is 0 Å². The summed E-state index contributed by atoms with van der Waals surface area (Å²) >= 11 is 0. The molecule has 6 heteroatoms. The zero-order valence-electron chi connectivity index (χ0n) is 9.72. The minimum atomic E-state index is -0.102. The molecule has 94 valence electrons. The molecular formula is C11H17N3O3. The number of morpholine rings is 1. The fourth-order valence-electron chi connectivity index (χ4n) is 2.21. The van der Waals surface area contributed by atoms with Gasteiger partial charge in [-0.15, -0.1) is 0 Å². The molecule has 3 rings (SSSR count). The molecule has 17 heavy (non-hydrogen) atoms. The molecule has 0 amide bonds. The van der Waals surface area contributed by atoms with Gasteiger partial charge in [0, 0.05) is 26.1 Å². The van der Waals surface area contributed by atoms with Crippen LogP contribution in [-0.2, 0) is 15.9 Å². The van der Waals surface area contributed by atoms with Crippen molar-refractivity contribution in [1.82, 2.24) is 15.5 Å². The lowest BCUT2D eigenvalue weighted by molar-refractivity contribution is 0.00755. The summed E-state index contributed by atoms with van der Waals surface area (Å²) in [6.07, 6.45) is 3.11. The largest absolute Gasteiger partial charge is 0.378 e. The second-order valence-corrected chi connectivity index (χ2v) is 4.45. The second-order valence-electron chi connectivity index (χ2n) is 4.45. The predicted molar refractivity (Wildman–Crippen MR) is 58.5 cm³/mol. The summed E-state index contributed by atoms with van der Waals surface area (Å²) < 4.78 is 16.3. The molecule has 0 bridgehead atoms. The van der Waals surface area contributed by atoms with Crippen LogP contribution in [0.3, 0.4) is 0 Å². The summed E-state index contributed by atoms with van der Waals surface area (Å²) in [4.78, 5) is 4.37. The van der Waals surface area contributed by atoms with Gasteiger partial charge in [0.05, 0.1) is 12.7 Å². The Morgan fingerprint density at radius 1 is 1.29 bits per heavy atom. The summed E-state index contributed by atoms with van der Waals surface area (Å²) in [6.45, 7) is 3.16. The molecule has 2 atom stereocenters. The highest BCUT2D eigenvalue weighted by atomic mass is 16.5. The van der Waals surface area contributed by atoms with E-state index in [1.165, 1.54) is 0 Å². The highest BCUT2D eigenvalue weighted by molar-refractivity contribution is 4.94. The maximum Gasteiger partial charge on any atom is 0.257 e. The number of nitrogens with zero attached hydrogens (tertiary/aromatic N) is 2. The van der Waals surface area contributed by atoms with Gasteiger partial charge >= 0.3 is 0 Å². The van der Waals surface area contributed by atoms with Crippen LogP contribution in [0.1, 0.15) is 30.7 Å².